The molecular formula is C12H18N2O2S. The van der Waals surface area contributed by atoms with Gasteiger partial charge >= 0.3 is 0 Å². The van der Waals surface area contributed by atoms with Gasteiger partial charge in [-0.25, -0.2) is 13.1 Å². The first-order valence-electron chi connectivity index (χ1n) is 5.96. The molecule has 0 aromatic heterocycles. The van der Waals surface area contributed by atoms with Crippen LogP contribution in [0.25, 0.3) is 0 Å². The number of para-hydroxylation sites is 1. The Balaban J connectivity index is 2.16. The van der Waals surface area contributed by atoms with Gasteiger partial charge in [-0.05, 0) is 25.0 Å². The topological polar surface area (TPSA) is 72.2 Å². The predicted molar refractivity (Wildman–Crippen MR) is 68.0 cm³/mol. The van der Waals surface area contributed by atoms with E-state index in [0.29, 0.717) is 5.69 Å². The van der Waals surface area contributed by atoms with Gasteiger partial charge < -0.3 is 5.73 Å². The Morgan fingerprint density at radius 2 is 1.76 bits per heavy atom. The zero-order valence-electron chi connectivity index (χ0n) is 9.72. The number of nitrogens with two attached hydrogens (primary N) is 1. The molecule has 0 spiro atoms. The van der Waals surface area contributed by atoms with Crippen LogP contribution in [-0.2, 0) is 10.0 Å². The van der Waals surface area contributed by atoms with Crippen molar-refractivity contribution in [1.29, 1.82) is 0 Å². The molecule has 1 aliphatic rings. The number of hydrogen-bond donors (Lipinski definition) is 2. The largest absolute Gasteiger partial charge is 0.398 e. The molecule has 0 bridgehead atoms. The Bertz CT molecular complexity index is 479. The zero-order chi connectivity index (χ0) is 12.3. The summed E-state index contributed by atoms with van der Waals surface area (Å²) in [5, 5.41) is 0. The molecule has 1 aliphatic carbocycles. The summed E-state index contributed by atoms with van der Waals surface area (Å²) in [7, 11) is -3.47. The van der Waals surface area contributed by atoms with E-state index >= 15 is 0 Å². The first kappa shape index (κ1) is 12.4. The van der Waals surface area contributed by atoms with Crippen LogP contribution in [0.3, 0.4) is 0 Å². The standard InChI is InChI=1S/C12H18N2O2S/c13-11-8-4-5-9-12(11)17(15,16)14-10-6-2-1-3-7-10/h4-5,8-10,14H,1-3,6-7,13H2. The molecule has 0 unspecified atom stereocenters. The summed E-state index contributed by atoms with van der Waals surface area (Å²) in [6, 6.07) is 6.63. The second-order valence-corrected chi connectivity index (χ2v) is 6.18. The molecule has 0 saturated heterocycles. The van der Waals surface area contributed by atoms with Crippen LogP contribution in [0.2, 0.25) is 0 Å². The van der Waals surface area contributed by atoms with E-state index in [1.165, 1.54) is 6.42 Å². The number of nitrogen functional groups attached to an aromatic ring is 1. The number of hydrogen-bond acceptors (Lipinski definition) is 3. The first-order valence-corrected chi connectivity index (χ1v) is 7.45. The molecule has 17 heavy (non-hydrogen) atoms. The van der Waals surface area contributed by atoms with Crippen LogP contribution in [-0.4, -0.2) is 14.5 Å². The third-order valence-corrected chi connectivity index (χ3v) is 4.73. The smallest absolute Gasteiger partial charge is 0.242 e. The zero-order valence-corrected chi connectivity index (χ0v) is 10.5. The lowest BCUT2D eigenvalue weighted by atomic mass is 9.96. The molecule has 1 aromatic rings. The minimum Gasteiger partial charge on any atom is -0.398 e. The maximum Gasteiger partial charge on any atom is 0.242 e. The monoisotopic (exact) mass is 254 g/mol. The third kappa shape index (κ3) is 2.98. The summed E-state index contributed by atoms with van der Waals surface area (Å²) >= 11 is 0. The van der Waals surface area contributed by atoms with E-state index in [2.05, 4.69) is 4.72 Å². The minimum absolute atomic E-state index is 0.0633. The first-order chi connectivity index (χ1) is 8.09. The number of nitrogens with one attached hydrogen (secondary N) is 1. The van der Waals surface area contributed by atoms with Gasteiger partial charge in [-0.3, -0.25) is 0 Å². The SMILES string of the molecule is Nc1ccccc1S(=O)(=O)NC1CCCCC1. The van der Waals surface area contributed by atoms with Gasteiger partial charge in [0.15, 0.2) is 0 Å². The van der Waals surface area contributed by atoms with Crippen molar-refractivity contribution in [1.82, 2.24) is 4.72 Å². The maximum absolute atomic E-state index is 12.1. The van der Waals surface area contributed by atoms with Crippen LogP contribution >= 0.6 is 0 Å². The highest BCUT2D eigenvalue weighted by molar-refractivity contribution is 7.89. The van der Waals surface area contributed by atoms with Crippen LogP contribution in [0.4, 0.5) is 5.69 Å². The second-order valence-electron chi connectivity index (χ2n) is 4.49. The Kier molecular flexibility index (Phi) is 3.69. The molecule has 3 N–H and O–H groups in total. The number of sulfonamides is 1. The fraction of sp³-hybridized carbons (Fsp3) is 0.500. The summed E-state index contributed by atoms with van der Waals surface area (Å²) in [6.07, 6.45) is 5.23. The maximum atomic E-state index is 12.1. The van der Waals surface area contributed by atoms with E-state index in [-0.39, 0.29) is 10.9 Å². The molecular weight excluding hydrogens is 236 g/mol. The molecule has 0 heterocycles. The molecule has 2 rings (SSSR count). The molecule has 0 atom stereocenters. The molecule has 94 valence electrons. The van der Waals surface area contributed by atoms with Crippen LogP contribution < -0.4 is 10.5 Å². The number of rotatable bonds is 3. The highest BCUT2D eigenvalue weighted by Gasteiger charge is 2.22. The molecule has 0 amide bonds. The fourth-order valence-corrected chi connectivity index (χ4v) is 3.67. The fourth-order valence-electron chi connectivity index (χ4n) is 2.23. The Labute approximate surface area is 102 Å². The minimum atomic E-state index is -3.47. The van der Waals surface area contributed by atoms with Crippen molar-refractivity contribution in [2.24, 2.45) is 0 Å². The number of anilines is 1. The summed E-state index contributed by atoms with van der Waals surface area (Å²) in [4.78, 5) is 0.186. The Morgan fingerprint density at radius 3 is 2.41 bits per heavy atom. The third-order valence-electron chi connectivity index (χ3n) is 3.14. The van der Waals surface area contributed by atoms with Gasteiger partial charge in [0.2, 0.25) is 10.0 Å². The van der Waals surface area contributed by atoms with Gasteiger partial charge in [0.05, 0.1) is 5.69 Å². The van der Waals surface area contributed by atoms with E-state index < -0.39 is 10.0 Å². The molecule has 1 aromatic carbocycles. The van der Waals surface area contributed by atoms with E-state index in [1.807, 2.05) is 0 Å². The van der Waals surface area contributed by atoms with E-state index in [0.717, 1.165) is 25.7 Å². The quantitative estimate of drug-likeness (QED) is 0.809. The van der Waals surface area contributed by atoms with Gasteiger partial charge in [0.25, 0.3) is 0 Å². The van der Waals surface area contributed by atoms with Crippen LogP contribution in [0.1, 0.15) is 32.1 Å². The molecule has 5 heteroatoms. The van der Waals surface area contributed by atoms with Crippen molar-refractivity contribution in [3.63, 3.8) is 0 Å². The average Bonchev–Trinajstić information content (AvgIpc) is 2.30. The Hall–Kier alpha value is -1.07. The van der Waals surface area contributed by atoms with Crippen molar-refractivity contribution in [3.8, 4) is 0 Å². The van der Waals surface area contributed by atoms with Crippen LogP contribution in [0.15, 0.2) is 29.2 Å². The van der Waals surface area contributed by atoms with Crippen molar-refractivity contribution >= 4 is 15.7 Å². The summed E-state index contributed by atoms with van der Waals surface area (Å²) in [5.41, 5.74) is 5.99. The van der Waals surface area contributed by atoms with Crippen LogP contribution in [0, 0.1) is 0 Å². The lowest BCUT2D eigenvalue weighted by Gasteiger charge is -2.22. The highest BCUT2D eigenvalue weighted by Crippen LogP contribution is 2.22. The molecule has 0 radical (unpaired) electrons. The molecule has 0 aliphatic heterocycles. The number of benzene rings is 1. The van der Waals surface area contributed by atoms with E-state index in [9.17, 15) is 8.42 Å². The summed E-state index contributed by atoms with van der Waals surface area (Å²) < 4.78 is 27.0. The lowest BCUT2D eigenvalue weighted by Crippen LogP contribution is -2.36. The van der Waals surface area contributed by atoms with E-state index in [1.54, 1.807) is 24.3 Å². The van der Waals surface area contributed by atoms with Gasteiger partial charge in [0.1, 0.15) is 4.90 Å². The lowest BCUT2D eigenvalue weighted by molar-refractivity contribution is 0.412. The van der Waals surface area contributed by atoms with Crippen molar-refractivity contribution in [2.75, 3.05) is 5.73 Å². The van der Waals surface area contributed by atoms with Crippen molar-refractivity contribution in [2.45, 2.75) is 43.0 Å². The van der Waals surface area contributed by atoms with Crippen molar-refractivity contribution in [3.05, 3.63) is 24.3 Å². The average molecular weight is 254 g/mol. The van der Waals surface area contributed by atoms with Crippen molar-refractivity contribution < 1.29 is 8.42 Å². The highest BCUT2D eigenvalue weighted by atomic mass is 32.2. The van der Waals surface area contributed by atoms with Gasteiger partial charge in [-0.2, -0.15) is 0 Å². The molecule has 1 fully saturated rings. The Morgan fingerprint density at radius 1 is 1.12 bits per heavy atom. The normalized spacial score (nSPS) is 18.1. The molecule has 4 nitrogen and oxygen atoms in total. The molecule has 1 saturated carbocycles. The van der Waals surface area contributed by atoms with Gasteiger partial charge in [-0.15, -0.1) is 0 Å². The predicted octanol–water partition coefficient (Wildman–Crippen LogP) is 1.88. The van der Waals surface area contributed by atoms with Gasteiger partial charge in [-0.1, -0.05) is 31.4 Å². The van der Waals surface area contributed by atoms with E-state index in [4.69, 9.17) is 5.73 Å². The summed E-state index contributed by atoms with van der Waals surface area (Å²) in [5.74, 6) is 0. The van der Waals surface area contributed by atoms with Crippen LogP contribution in [0.5, 0.6) is 0 Å². The second kappa shape index (κ2) is 5.06. The van der Waals surface area contributed by atoms with Gasteiger partial charge in [0, 0.05) is 6.04 Å². The summed E-state index contributed by atoms with van der Waals surface area (Å²) in [6.45, 7) is 0.